The summed E-state index contributed by atoms with van der Waals surface area (Å²) >= 11 is 0. The second kappa shape index (κ2) is 9.00. The number of benzene rings is 1. The van der Waals surface area contributed by atoms with Crippen molar-refractivity contribution >= 4 is 11.7 Å². The van der Waals surface area contributed by atoms with Gasteiger partial charge in [-0.3, -0.25) is 4.79 Å². The molecule has 0 N–H and O–H groups in total. The molecule has 2 heterocycles. The van der Waals surface area contributed by atoms with Gasteiger partial charge in [-0.1, -0.05) is 37.3 Å². The van der Waals surface area contributed by atoms with E-state index in [1.807, 2.05) is 35.2 Å². The highest BCUT2D eigenvalue weighted by atomic mass is 16.2. The maximum Gasteiger partial charge on any atom is 0.255 e. The normalized spacial score (nSPS) is 15.2. The van der Waals surface area contributed by atoms with Gasteiger partial charge in [-0.2, -0.15) is 0 Å². The predicted octanol–water partition coefficient (Wildman–Crippen LogP) is 3.27. The van der Waals surface area contributed by atoms with Crippen LogP contribution in [0.4, 0.5) is 5.82 Å². The summed E-state index contributed by atoms with van der Waals surface area (Å²) in [6, 6.07) is 14.1. The first-order chi connectivity index (χ1) is 13.1. The molecule has 5 nitrogen and oxygen atoms in total. The molecule has 0 bridgehead atoms. The van der Waals surface area contributed by atoms with Crippen molar-refractivity contribution in [3.8, 4) is 0 Å². The minimum atomic E-state index is 0.0312. The highest BCUT2D eigenvalue weighted by Gasteiger charge is 2.21. The molecule has 1 fully saturated rings. The lowest BCUT2D eigenvalue weighted by atomic mass is 10.1. The van der Waals surface area contributed by atoms with Gasteiger partial charge in [0.1, 0.15) is 5.82 Å². The zero-order valence-electron chi connectivity index (χ0n) is 16.6. The highest BCUT2D eigenvalue weighted by Crippen LogP contribution is 2.17. The van der Waals surface area contributed by atoms with Crippen LogP contribution in [-0.4, -0.2) is 59.5 Å². The van der Waals surface area contributed by atoms with E-state index in [1.54, 1.807) is 6.20 Å². The second-order valence-corrected chi connectivity index (χ2v) is 7.34. The molecule has 0 saturated carbocycles. The Morgan fingerprint density at radius 3 is 2.33 bits per heavy atom. The van der Waals surface area contributed by atoms with E-state index in [0.717, 1.165) is 44.1 Å². The molecule has 0 aliphatic carbocycles. The molecule has 1 amide bonds. The number of amides is 1. The summed E-state index contributed by atoms with van der Waals surface area (Å²) in [4.78, 5) is 24.2. The van der Waals surface area contributed by atoms with Crippen molar-refractivity contribution in [3.63, 3.8) is 0 Å². The van der Waals surface area contributed by atoms with E-state index in [2.05, 4.69) is 47.7 Å². The van der Waals surface area contributed by atoms with Gasteiger partial charge in [0.05, 0.1) is 5.56 Å². The van der Waals surface area contributed by atoms with E-state index in [-0.39, 0.29) is 11.9 Å². The average Bonchev–Trinajstić information content (AvgIpc) is 2.72. The molecule has 0 radical (unpaired) electrons. The molecular weight excluding hydrogens is 336 g/mol. The quantitative estimate of drug-likeness (QED) is 0.787. The molecule has 2 aromatic rings. The van der Waals surface area contributed by atoms with Crippen LogP contribution in [0.3, 0.4) is 0 Å². The number of aromatic nitrogens is 1. The first-order valence-corrected chi connectivity index (χ1v) is 9.86. The van der Waals surface area contributed by atoms with Crippen LogP contribution in [0.1, 0.15) is 36.7 Å². The molecule has 3 rings (SSSR count). The van der Waals surface area contributed by atoms with Crippen LogP contribution in [0, 0.1) is 0 Å². The van der Waals surface area contributed by atoms with Gasteiger partial charge >= 0.3 is 0 Å². The highest BCUT2D eigenvalue weighted by molar-refractivity contribution is 5.94. The molecule has 0 atom stereocenters. The Balaban J connectivity index is 1.68. The first kappa shape index (κ1) is 19.4. The Morgan fingerprint density at radius 1 is 1.07 bits per heavy atom. The first-order valence-electron chi connectivity index (χ1n) is 9.86. The van der Waals surface area contributed by atoms with Crippen molar-refractivity contribution in [2.24, 2.45) is 0 Å². The van der Waals surface area contributed by atoms with Gasteiger partial charge in [0.15, 0.2) is 0 Å². The van der Waals surface area contributed by atoms with Crippen LogP contribution in [0.2, 0.25) is 0 Å². The van der Waals surface area contributed by atoms with Gasteiger partial charge in [0, 0.05) is 45.0 Å². The third-order valence-corrected chi connectivity index (χ3v) is 5.22. The molecule has 27 heavy (non-hydrogen) atoms. The maximum absolute atomic E-state index is 13.0. The summed E-state index contributed by atoms with van der Waals surface area (Å²) < 4.78 is 0. The fourth-order valence-electron chi connectivity index (χ4n) is 3.43. The largest absolute Gasteiger partial charge is 0.354 e. The lowest BCUT2D eigenvalue weighted by molar-refractivity contribution is 0.0690. The zero-order valence-corrected chi connectivity index (χ0v) is 16.6. The molecule has 1 saturated heterocycles. The summed E-state index contributed by atoms with van der Waals surface area (Å²) in [5.41, 5.74) is 1.79. The third-order valence-electron chi connectivity index (χ3n) is 5.22. The number of hydrogen-bond donors (Lipinski definition) is 0. The Morgan fingerprint density at radius 2 is 1.78 bits per heavy atom. The monoisotopic (exact) mass is 366 g/mol. The number of rotatable bonds is 6. The molecule has 5 heteroatoms. The summed E-state index contributed by atoms with van der Waals surface area (Å²) in [7, 11) is 0. The van der Waals surface area contributed by atoms with E-state index < -0.39 is 0 Å². The number of hydrogen-bond acceptors (Lipinski definition) is 4. The summed E-state index contributed by atoms with van der Waals surface area (Å²) in [6.45, 7) is 12.1. The van der Waals surface area contributed by atoms with E-state index >= 15 is 0 Å². The van der Waals surface area contributed by atoms with Crippen molar-refractivity contribution in [3.05, 3.63) is 59.8 Å². The van der Waals surface area contributed by atoms with Crippen molar-refractivity contribution in [1.82, 2.24) is 14.8 Å². The lowest BCUT2D eigenvalue weighted by Gasteiger charge is -2.34. The van der Waals surface area contributed by atoms with Gasteiger partial charge < -0.3 is 14.7 Å². The number of carbonyl (C=O) groups excluding carboxylic acids is 1. The summed E-state index contributed by atoms with van der Waals surface area (Å²) in [5.74, 6) is 0.991. The molecule has 144 valence electrons. The fourth-order valence-corrected chi connectivity index (χ4v) is 3.43. The van der Waals surface area contributed by atoms with E-state index in [9.17, 15) is 4.79 Å². The van der Waals surface area contributed by atoms with E-state index in [0.29, 0.717) is 12.1 Å². The molecule has 0 spiro atoms. The standard InChI is InChI=1S/C22H30N4O/c1-4-24-12-14-25(15-13-24)21-11-10-20(16-23-21)22(27)26(18(2)3)17-19-8-6-5-7-9-19/h5-11,16,18H,4,12-15,17H2,1-3H3. The number of anilines is 1. The minimum absolute atomic E-state index is 0.0312. The number of nitrogens with zero attached hydrogens (tertiary/aromatic N) is 4. The maximum atomic E-state index is 13.0. The van der Waals surface area contributed by atoms with Crippen LogP contribution >= 0.6 is 0 Å². The summed E-state index contributed by atoms with van der Waals surface area (Å²) in [5, 5.41) is 0. The number of piperazine rings is 1. The third kappa shape index (κ3) is 4.86. The smallest absolute Gasteiger partial charge is 0.255 e. The van der Waals surface area contributed by atoms with Crippen LogP contribution in [0.15, 0.2) is 48.7 Å². The van der Waals surface area contributed by atoms with Crippen molar-refractivity contribution in [2.45, 2.75) is 33.4 Å². The van der Waals surface area contributed by atoms with Gasteiger partial charge in [-0.15, -0.1) is 0 Å². The van der Waals surface area contributed by atoms with Crippen LogP contribution in [-0.2, 0) is 6.54 Å². The number of likely N-dealkylation sites (N-methyl/N-ethyl adjacent to an activating group) is 1. The second-order valence-electron chi connectivity index (χ2n) is 7.34. The van der Waals surface area contributed by atoms with E-state index in [4.69, 9.17) is 0 Å². The Hall–Kier alpha value is -2.40. The molecule has 1 aliphatic rings. The Labute approximate surface area is 162 Å². The lowest BCUT2D eigenvalue weighted by Crippen LogP contribution is -2.46. The van der Waals surface area contributed by atoms with Gasteiger partial charge in [0.2, 0.25) is 0 Å². The van der Waals surface area contributed by atoms with Gasteiger partial charge in [0.25, 0.3) is 5.91 Å². The Kier molecular flexibility index (Phi) is 6.45. The SMILES string of the molecule is CCN1CCN(c2ccc(C(=O)N(Cc3ccccc3)C(C)C)cn2)CC1. The predicted molar refractivity (Wildman–Crippen MR) is 110 cm³/mol. The minimum Gasteiger partial charge on any atom is -0.354 e. The molecular formula is C22H30N4O. The topological polar surface area (TPSA) is 39.7 Å². The van der Waals surface area contributed by atoms with Crippen LogP contribution in [0.5, 0.6) is 0 Å². The molecule has 1 aromatic carbocycles. The van der Waals surface area contributed by atoms with Crippen molar-refractivity contribution < 1.29 is 4.79 Å². The van der Waals surface area contributed by atoms with Crippen LogP contribution < -0.4 is 4.90 Å². The average molecular weight is 367 g/mol. The molecule has 1 aromatic heterocycles. The number of carbonyl (C=O) groups is 1. The van der Waals surface area contributed by atoms with Gasteiger partial charge in [-0.05, 0) is 38.1 Å². The fraction of sp³-hybridized carbons (Fsp3) is 0.455. The summed E-state index contributed by atoms with van der Waals surface area (Å²) in [6.07, 6.45) is 1.73. The Bertz CT molecular complexity index is 722. The van der Waals surface area contributed by atoms with Crippen molar-refractivity contribution in [2.75, 3.05) is 37.6 Å². The molecule has 1 aliphatic heterocycles. The van der Waals surface area contributed by atoms with Crippen LogP contribution in [0.25, 0.3) is 0 Å². The van der Waals surface area contributed by atoms with Crippen molar-refractivity contribution in [1.29, 1.82) is 0 Å². The van der Waals surface area contributed by atoms with E-state index in [1.165, 1.54) is 0 Å². The van der Waals surface area contributed by atoms with Gasteiger partial charge in [-0.25, -0.2) is 4.98 Å². The number of pyridine rings is 1. The molecule has 0 unspecified atom stereocenters. The zero-order chi connectivity index (χ0) is 19.2.